The van der Waals surface area contributed by atoms with Crippen LogP contribution in [-0.4, -0.2) is 29.9 Å². The Morgan fingerprint density at radius 2 is 1.84 bits per heavy atom. The average Bonchev–Trinajstić information content (AvgIpc) is 3.23. The third-order valence-corrected chi connectivity index (χ3v) is 7.49. The maximum absolute atomic E-state index is 13.2. The quantitative estimate of drug-likeness (QED) is 0.631. The molecule has 0 bridgehead atoms. The van der Waals surface area contributed by atoms with Gasteiger partial charge in [0.05, 0.1) is 10.3 Å². The molecule has 1 fully saturated rings. The molecule has 9 heteroatoms. The van der Waals surface area contributed by atoms with Crippen molar-refractivity contribution in [2.45, 2.75) is 55.0 Å². The summed E-state index contributed by atoms with van der Waals surface area (Å²) in [5.74, 6) is -0.241. The van der Waals surface area contributed by atoms with E-state index in [2.05, 4.69) is 10.3 Å². The minimum atomic E-state index is -4.12. The topological polar surface area (TPSA) is 98.1 Å². The van der Waals surface area contributed by atoms with Crippen LogP contribution in [0, 0.1) is 6.92 Å². The van der Waals surface area contributed by atoms with Crippen LogP contribution in [0.4, 0.5) is 0 Å². The number of halogens is 1. The summed E-state index contributed by atoms with van der Waals surface area (Å²) in [5.41, 5.74) is 0.289. The molecule has 1 saturated carbocycles. The van der Waals surface area contributed by atoms with Crippen LogP contribution in [0.3, 0.4) is 0 Å². The lowest BCUT2D eigenvalue weighted by molar-refractivity contribution is -0.122. The number of hydrogen-bond donors (Lipinski definition) is 1. The molecule has 0 atom stereocenters. The maximum Gasteiger partial charge on any atom is 0.240 e. The van der Waals surface area contributed by atoms with Gasteiger partial charge in [0.15, 0.2) is 0 Å². The number of carbonyl (C=O) groups is 1. The van der Waals surface area contributed by atoms with Crippen molar-refractivity contribution >= 4 is 38.4 Å². The van der Waals surface area contributed by atoms with Crippen LogP contribution in [-0.2, 0) is 21.2 Å². The zero-order valence-corrected chi connectivity index (χ0v) is 18.5. The van der Waals surface area contributed by atoms with Crippen LogP contribution in [0.2, 0.25) is 5.02 Å². The Bertz CT molecular complexity index is 1310. The van der Waals surface area contributed by atoms with E-state index in [9.17, 15) is 18.0 Å². The lowest BCUT2D eigenvalue weighted by atomic mass is 10.2. The van der Waals surface area contributed by atoms with Gasteiger partial charge in [0.1, 0.15) is 17.1 Å². The van der Waals surface area contributed by atoms with Crippen molar-refractivity contribution in [2.24, 2.45) is 0 Å². The molecule has 1 aliphatic rings. The minimum absolute atomic E-state index is 0.0459. The highest BCUT2D eigenvalue weighted by molar-refractivity contribution is 7.91. The number of rotatable bonds is 5. The van der Waals surface area contributed by atoms with E-state index in [1.54, 1.807) is 19.1 Å². The van der Waals surface area contributed by atoms with E-state index < -0.39 is 20.2 Å². The first-order chi connectivity index (χ1) is 14.8. The monoisotopic (exact) mass is 459 g/mol. The summed E-state index contributed by atoms with van der Waals surface area (Å²) in [6.07, 6.45) is 5.25. The lowest BCUT2D eigenvalue weighted by Crippen LogP contribution is -2.35. The van der Waals surface area contributed by atoms with Crippen LogP contribution in [0.1, 0.15) is 31.4 Å². The van der Waals surface area contributed by atoms with Gasteiger partial charge in [-0.15, -0.1) is 0 Å². The number of benzene rings is 1. The van der Waals surface area contributed by atoms with E-state index >= 15 is 0 Å². The molecule has 2 aromatic heterocycles. The minimum Gasteiger partial charge on any atom is -0.352 e. The fraction of sp³-hybridized carbons (Fsp3) is 0.318. The summed E-state index contributed by atoms with van der Waals surface area (Å²) >= 11 is 5.87. The summed E-state index contributed by atoms with van der Waals surface area (Å²) < 4.78 is 27.9. The van der Waals surface area contributed by atoms with Gasteiger partial charge in [-0.05, 0) is 56.2 Å². The molecule has 4 rings (SSSR count). The zero-order valence-electron chi connectivity index (χ0n) is 17.0. The molecule has 0 spiro atoms. The number of pyridine rings is 2. The molecule has 0 aliphatic heterocycles. The molecular weight excluding hydrogens is 438 g/mol. The molecule has 0 unspecified atom stereocenters. The van der Waals surface area contributed by atoms with Crippen molar-refractivity contribution < 1.29 is 13.2 Å². The Hall–Kier alpha value is -2.71. The predicted molar refractivity (Wildman–Crippen MR) is 118 cm³/mol. The first kappa shape index (κ1) is 21.5. The highest BCUT2D eigenvalue weighted by Gasteiger charge is 2.25. The third kappa shape index (κ3) is 4.36. The van der Waals surface area contributed by atoms with Crippen molar-refractivity contribution in [3.63, 3.8) is 0 Å². The standard InChI is InChI=1S/C22H22ClN3O4S/c1-14-6-11-18-21(28)19(31(29,30)17-9-7-15(23)8-10-17)12-26(22(18)24-14)13-20(27)25-16-4-2-3-5-16/h6-12,16H,2-5,13H2,1H3,(H,25,27). The van der Waals surface area contributed by atoms with Crippen LogP contribution in [0.15, 0.2) is 57.2 Å². The number of carbonyl (C=O) groups excluding carboxylic acids is 1. The molecule has 7 nitrogen and oxygen atoms in total. The first-order valence-electron chi connectivity index (χ1n) is 10.1. The second kappa shape index (κ2) is 8.43. The Morgan fingerprint density at radius 3 is 2.52 bits per heavy atom. The second-order valence-electron chi connectivity index (χ2n) is 7.78. The average molecular weight is 460 g/mol. The fourth-order valence-corrected chi connectivity index (χ4v) is 5.38. The van der Waals surface area contributed by atoms with Gasteiger partial charge >= 0.3 is 0 Å². The summed E-state index contributed by atoms with van der Waals surface area (Å²) in [7, 11) is -4.12. The molecule has 1 aromatic carbocycles. The lowest BCUT2D eigenvalue weighted by Gasteiger charge is -2.16. The van der Waals surface area contributed by atoms with Crippen molar-refractivity contribution in [1.82, 2.24) is 14.9 Å². The van der Waals surface area contributed by atoms with E-state index in [1.165, 1.54) is 35.0 Å². The molecule has 2 heterocycles. The number of hydrogen-bond acceptors (Lipinski definition) is 5. The summed E-state index contributed by atoms with van der Waals surface area (Å²) in [5, 5.41) is 3.52. The fourth-order valence-electron chi connectivity index (χ4n) is 3.88. The highest BCUT2D eigenvalue weighted by Crippen LogP contribution is 2.23. The smallest absolute Gasteiger partial charge is 0.240 e. The second-order valence-corrected chi connectivity index (χ2v) is 10.1. The third-order valence-electron chi connectivity index (χ3n) is 5.48. The van der Waals surface area contributed by atoms with Gasteiger partial charge in [-0.3, -0.25) is 9.59 Å². The molecule has 162 valence electrons. The summed E-state index contributed by atoms with van der Waals surface area (Å²) in [4.78, 5) is 29.7. The van der Waals surface area contributed by atoms with E-state index in [0.29, 0.717) is 10.7 Å². The van der Waals surface area contributed by atoms with Gasteiger partial charge < -0.3 is 9.88 Å². The number of amides is 1. The molecule has 1 amide bonds. The van der Waals surface area contributed by atoms with Crippen molar-refractivity contribution in [3.8, 4) is 0 Å². The Kier molecular flexibility index (Phi) is 5.85. The number of aryl methyl sites for hydroxylation is 1. The van der Waals surface area contributed by atoms with E-state index in [4.69, 9.17) is 11.6 Å². The van der Waals surface area contributed by atoms with Gasteiger partial charge in [0, 0.05) is 23.0 Å². The molecular formula is C22H22ClN3O4S. The molecule has 0 saturated heterocycles. The van der Waals surface area contributed by atoms with Crippen molar-refractivity contribution in [3.05, 3.63) is 63.5 Å². The number of nitrogens with zero attached hydrogens (tertiary/aromatic N) is 2. The Balaban J connectivity index is 1.82. The van der Waals surface area contributed by atoms with Gasteiger partial charge in [-0.1, -0.05) is 24.4 Å². The molecule has 1 N–H and O–H groups in total. The first-order valence-corrected chi connectivity index (χ1v) is 11.9. The zero-order chi connectivity index (χ0) is 22.2. The van der Waals surface area contributed by atoms with Crippen molar-refractivity contribution in [2.75, 3.05) is 0 Å². The van der Waals surface area contributed by atoms with Crippen LogP contribution < -0.4 is 10.7 Å². The van der Waals surface area contributed by atoms with E-state index in [-0.39, 0.29) is 34.4 Å². The highest BCUT2D eigenvalue weighted by atomic mass is 35.5. The van der Waals surface area contributed by atoms with E-state index in [1.807, 2.05) is 0 Å². The normalized spacial score (nSPS) is 14.8. The molecule has 3 aromatic rings. The maximum atomic E-state index is 13.2. The predicted octanol–water partition coefficient (Wildman–Crippen LogP) is 3.25. The number of fused-ring (bicyclic) bond motifs is 1. The van der Waals surface area contributed by atoms with Gasteiger partial charge in [-0.2, -0.15) is 0 Å². The molecule has 31 heavy (non-hydrogen) atoms. The number of aromatic nitrogens is 2. The largest absolute Gasteiger partial charge is 0.352 e. The van der Waals surface area contributed by atoms with Gasteiger partial charge in [-0.25, -0.2) is 13.4 Å². The molecule has 0 radical (unpaired) electrons. The number of sulfone groups is 1. The summed E-state index contributed by atoms with van der Waals surface area (Å²) in [6.45, 7) is 1.64. The van der Waals surface area contributed by atoms with Crippen LogP contribution in [0.25, 0.3) is 11.0 Å². The Morgan fingerprint density at radius 1 is 1.16 bits per heavy atom. The van der Waals surface area contributed by atoms with Crippen molar-refractivity contribution in [1.29, 1.82) is 0 Å². The van der Waals surface area contributed by atoms with E-state index in [0.717, 1.165) is 25.7 Å². The van der Waals surface area contributed by atoms with Gasteiger partial charge in [0.2, 0.25) is 21.2 Å². The van der Waals surface area contributed by atoms with Crippen LogP contribution in [0.5, 0.6) is 0 Å². The summed E-state index contributed by atoms with van der Waals surface area (Å²) in [6, 6.07) is 8.93. The number of nitrogens with one attached hydrogen (secondary N) is 1. The van der Waals surface area contributed by atoms with Gasteiger partial charge in [0.25, 0.3) is 0 Å². The SMILES string of the molecule is Cc1ccc2c(=O)c(S(=O)(=O)c3ccc(Cl)cc3)cn(CC(=O)NC3CCCC3)c2n1. The van der Waals surface area contributed by atoms with Crippen LogP contribution >= 0.6 is 11.6 Å². The molecule has 1 aliphatic carbocycles. The Labute approximate surface area is 185 Å².